The lowest BCUT2D eigenvalue weighted by Gasteiger charge is -2.35. The van der Waals surface area contributed by atoms with Gasteiger partial charge in [0.1, 0.15) is 0 Å². The van der Waals surface area contributed by atoms with Crippen LogP contribution in [0.25, 0.3) is 0 Å². The van der Waals surface area contributed by atoms with Crippen LogP contribution in [0.3, 0.4) is 0 Å². The predicted molar refractivity (Wildman–Crippen MR) is 38.9 cm³/mol. The third-order valence-corrected chi connectivity index (χ3v) is 2.04. The molecular formula is C6H14N2O3. The van der Waals surface area contributed by atoms with Crippen molar-refractivity contribution < 1.29 is 15.3 Å². The number of aliphatic hydroxyl groups excluding tert-OH is 3. The summed E-state index contributed by atoms with van der Waals surface area (Å²) < 4.78 is 0. The van der Waals surface area contributed by atoms with Crippen LogP contribution in [0, 0.1) is 0 Å². The summed E-state index contributed by atoms with van der Waals surface area (Å²) in [5, 5.41) is 29.9. The molecule has 1 aliphatic rings. The molecule has 0 radical (unpaired) electrons. The molecule has 0 spiro atoms. The summed E-state index contributed by atoms with van der Waals surface area (Å²) in [5.41, 5.74) is 5.49. The number of hydrogen-bond acceptors (Lipinski definition) is 5. The van der Waals surface area contributed by atoms with E-state index >= 15 is 0 Å². The first-order valence-electron chi connectivity index (χ1n) is 3.62. The van der Waals surface area contributed by atoms with Crippen molar-refractivity contribution in [3.8, 4) is 0 Å². The van der Waals surface area contributed by atoms with E-state index < -0.39 is 18.2 Å². The first-order chi connectivity index (χ1) is 5.16. The van der Waals surface area contributed by atoms with Gasteiger partial charge in [0.05, 0.1) is 24.9 Å². The van der Waals surface area contributed by atoms with E-state index in [0.29, 0.717) is 0 Å². The number of nitrogens with two attached hydrogens (primary N) is 1. The lowest BCUT2D eigenvalue weighted by atomic mass is 9.95. The number of rotatable bonds is 1. The van der Waals surface area contributed by atoms with Gasteiger partial charge in [-0.2, -0.15) is 0 Å². The van der Waals surface area contributed by atoms with Gasteiger partial charge in [0.15, 0.2) is 0 Å². The van der Waals surface area contributed by atoms with E-state index in [4.69, 9.17) is 15.9 Å². The van der Waals surface area contributed by atoms with E-state index in [1.165, 1.54) is 0 Å². The molecule has 0 saturated carbocycles. The molecule has 11 heavy (non-hydrogen) atoms. The lowest BCUT2D eigenvalue weighted by molar-refractivity contribution is -0.0320. The van der Waals surface area contributed by atoms with E-state index in [1.807, 2.05) is 0 Å². The van der Waals surface area contributed by atoms with Crippen LogP contribution in [0.15, 0.2) is 0 Å². The molecule has 1 fully saturated rings. The molecule has 66 valence electrons. The van der Waals surface area contributed by atoms with Crippen LogP contribution in [-0.4, -0.2) is 52.8 Å². The monoisotopic (exact) mass is 162 g/mol. The predicted octanol–water partition coefficient (Wildman–Crippen LogP) is -3.00. The molecule has 5 nitrogen and oxygen atoms in total. The quantitative estimate of drug-likeness (QED) is 0.283. The highest BCUT2D eigenvalue weighted by Gasteiger charge is 2.34. The van der Waals surface area contributed by atoms with Gasteiger partial charge >= 0.3 is 0 Å². The fraction of sp³-hybridized carbons (Fsp3) is 1.00. The summed E-state index contributed by atoms with van der Waals surface area (Å²) >= 11 is 0. The fourth-order valence-corrected chi connectivity index (χ4v) is 1.21. The number of β-amino-alcohol motifs (C(OH)–C–C–N with tert-alkyl or cyclic N) is 1. The average molecular weight is 162 g/mol. The van der Waals surface area contributed by atoms with Crippen LogP contribution in [0.4, 0.5) is 0 Å². The highest BCUT2D eigenvalue weighted by atomic mass is 16.3. The first-order valence-corrected chi connectivity index (χ1v) is 3.62. The molecule has 4 atom stereocenters. The van der Waals surface area contributed by atoms with E-state index in [0.717, 1.165) is 0 Å². The van der Waals surface area contributed by atoms with E-state index in [9.17, 15) is 5.11 Å². The third kappa shape index (κ3) is 1.69. The van der Waals surface area contributed by atoms with Gasteiger partial charge in [-0.3, -0.25) is 0 Å². The van der Waals surface area contributed by atoms with Crippen molar-refractivity contribution in [3.63, 3.8) is 0 Å². The van der Waals surface area contributed by atoms with Crippen LogP contribution in [0.5, 0.6) is 0 Å². The fourth-order valence-electron chi connectivity index (χ4n) is 1.21. The van der Waals surface area contributed by atoms with Gasteiger partial charge in [0.25, 0.3) is 0 Å². The van der Waals surface area contributed by atoms with Gasteiger partial charge in [-0.15, -0.1) is 0 Å². The molecule has 0 aromatic carbocycles. The van der Waals surface area contributed by atoms with Gasteiger partial charge in [-0.1, -0.05) is 0 Å². The summed E-state index contributed by atoms with van der Waals surface area (Å²) in [6.07, 6.45) is -1.76. The summed E-state index contributed by atoms with van der Waals surface area (Å²) in [6.45, 7) is 0.158. The molecular weight excluding hydrogens is 148 g/mol. The zero-order valence-corrected chi connectivity index (χ0v) is 6.14. The van der Waals surface area contributed by atoms with Crippen molar-refractivity contribution in [2.75, 3.05) is 13.2 Å². The molecule has 0 amide bonds. The molecule has 0 aromatic rings. The maximum atomic E-state index is 9.22. The van der Waals surface area contributed by atoms with Crippen molar-refractivity contribution in [1.29, 1.82) is 0 Å². The van der Waals surface area contributed by atoms with Crippen LogP contribution in [0.1, 0.15) is 0 Å². The molecule has 0 aromatic heterocycles. The normalized spacial score (nSPS) is 45.8. The number of hydrogen-bond donors (Lipinski definition) is 5. The minimum atomic E-state index is -0.937. The summed E-state index contributed by atoms with van der Waals surface area (Å²) in [4.78, 5) is 0. The molecule has 5 heteroatoms. The van der Waals surface area contributed by atoms with Crippen LogP contribution < -0.4 is 11.1 Å². The second-order valence-corrected chi connectivity index (χ2v) is 2.83. The van der Waals surface area contributed by atoms with Gasteiger partial charge in [0.2, 0.25) is 0 Å². The van der Waals surface area contributed by atoms with Gasteiger partial charge in [-0.05, 0) is 0 Å². The zero-order chi connectivity index (χ0) is 8.43. The molecule has 1 aliphatic heterocycles. The van der Waals surface area contributed by atoms with Gasteiger partial charge in [0, 0.05) is 12.6 Å². The molecule has 1 saturated heterocycles. The van der Waals surface area contributed by atoms with Crippen molar-refractivity contribution in [1.82, 2.24) is 5.32 Å². The number of piperidine rings is 1. The number of nitrogens with one attached hydrogen (secondary N) is 1. The minimum Gasteiger partial charge on any atom is -0.395 e. The molecule has 0 aliphatic carbocycles. The van der Waals surface area contributed by atoms with Crippen LogP contribution in [-0.2, 0) is 0 Å². The smallest absolute Gasteiger partial charge is 0.0978 e. The maximum Gasteiger partial charge on any atom is 0.0978 e. The first kappa shape index (κ1) is 8.89. The van der Waals surface area contributed by atoms with Crippen molar-refractivity contribution >= 4 is 0 Å². The highest BCUT2D eigenvalue weighted by Crippen LogP contribution is 2.07. The Morgan fingerprint density at radius 3 is 2.64 bits per heavy atom. The summed E-state index contributed by atoms with van der Waals surface area (Å²) in [6, 6.07) is -0.905. The molecule has 6 N–H and O–H groups in total. The third-order valence-electron chi connectivity index (χ3n) is 2.04. The van der Waals surface area contributed by atoms with Crippen molar-refractivity contribution in [3.05, 3.63) is 0 Å². The maximum absolute atomic E-state index is 9.22. The Kier molecular flexibility index (Phi) is 2.80. The highest BCUT2D eigenvalue weighted by molar-refractivity contribution is 4.94. The Morgan fingerprint density at radius 1 is 1.45 bits per heavy atom. The summed E-state index contributed by atoms with van der Waals surface area (Å²) in [7, 11) is 0. The summed E-state index contributed by atoms with van der Waals surface area (Å²) in [5.74, 6) is 0. The van der Waals surface area contributed by atoms with Crippen LogP contribution in [0.2, 0.25) is 0 Å². The number of aliphatic hydroxyl groups is 3. The average Bonchev–Trinajstić information content (AvgIpc) is 2.01. The molecule has 0 unspecified atom stereocenters. The SMILES string of the molecule is N[C@H]1[C@H](O)[C@H](O)CN[C@@H]1CO. The molecule has 1 heterocycles. The largest absolute Gasteiger partial charge is 0.395 e. The van der Waals surface area contributed by atoms with Crippen LogP contribution >= 0.6 is 0 Å². The Bertz CT molecular complexity index is 131. The second-order valence-electron chi connectivity index (χ2n) is 2.83. The second kappa shape index (κ2) is 3.46. The topological polar surface area (TPSA) is 98.7 Å². The molecule has 1 rings (SSSR count). The van der Waals surface area contributed by atoms with E-state index in [1.54, 1.807) is 0 Å². The van der Waals surface area contributed by atoms with Crippen molar-refractivity contribution in [2.45, 2.75) is 24.3 Å². The van der Waals surface area contributed by atoms with E-state index in [-0.39, 0.29) is 19.2 Å². The standard InChI is InChI=1S/C6H14N2O3/c7-5-3(2-9)8-1-4(10)6(5)11/h3-6,8-11H,1-2,7H2/t3-,4-,5-,6-/m1/s1. The van der Waals surface area contributed by atoms with Crippen molar-refractivity contribution in [2.24, 2.45) is 5.73 Å². The Labute approximate surface area is 64.8 Å². The van der Waals surface area contributed by atoms with Gasteiger partial charge in [-0.25, -0.2) is 0 Å². The Morgan fingerprint density at radius 2 is 2.09 bits per heavy atom. The Hall–Kier alpha value is -0.200. The lowest BCUT2D eigenvalue weighted by Crippen LogP contribution is -2.64. The minimum absolute atomic E-state index is 0.120. The molecule has 0 bridgehead atoms. The van der Waals surface area contributed by atoms with E-state index in [2.05, 4.69) is 5.32 Å². The Balaban J connectivity index is 2.52. The van der Waals surface area contributed by atoms with Gasteiger partial charge < -0.3 is 26.4 Å². The zero-order valence-electron chi connectivity index (χ0n) is 6.14.